The monoisotopic (exact) mass is 362 g/mol. The van der Waals surface area contributed by atoms with Gasteiger partial charge in [0.05, 0.1) is 11.2 Å². The van der Waals surface area contributed by atoms with E-state index in [4.69, 9.17) is 0 Å². The van der Waals surface area contributed by atoms with Gasteiger partial charge in [-0.15, -0.1) is 0 Å². The van der Waals surface area contributed by atoms with Gasteiger partial charge in [0.15, 0.2) is 0 Å². The van der Waals surface area contributed by atoms with Crippen molar-refractivity contribution in [2.75, 3.05) is 18.4 Å². The number of nitrogens with one attached hydrogen (secondary N) is 1. The standard InChI is InChI=1S/C19H26N2O3S/c22-18(20-15-7-3-1-4-8-15)17-13-21(25(23,24)16-9-10-16)14-19(17)11-5-2-6-12-19/h1,3-4,7-8,16-17H,2,5-6,9-14H2,(H,20,22)/t17-/m1/s1. The average Bonchev–Trinajstić information content (AvgIpc) is 3.40. The summed E-state index contributed by atoms with van der Waals surface area (Å²) in [6, 6.07) is 9.45. The van der Waals surface area contributed by atoms with Crippen LogP contribution in [0.15, 0.2) is 30.3 Å². The lowest BCUT2D eigenvalue weighted by Crippen LogP contribution is -2.39. The highest BCUT2D eigenvalue weighted by Crippen LogP contribution is 2.49. The molecule has 4 rings (SSSR count). The molecule has 1 atom stereocenters. The van der Waals surface area contributed by atoms with Crippen molar-refractivity contribution in [3.8, 4) is 0 Å². The molecular formula is C19H26N2O3S. The Morgan fingerprint density at radius 2 is 1.76 bits per heavy atom. The zero-order valence-corrected chi connectivity index (χ0v) is 15.3. The fourth-order valence-electron chi connectivity index (χ4n) is 4.57. The first kappa shape index (κ1) is 17.0. The van der Waals surface area contributed by atoms with Crippen LogP contribution < -0.4 is 5.32 Å². The number of anilines is 1. The molecule has 2 aliphatic carbocycles. The Morgan fingerprint density at radius 3 is 2.40 bits per heavy atom. The highest BCUT2D eigenvalue weighted by atomic mass is 32.2. The minimum atomic E-state index is -3.23. The molecule has 1 aromatic rings. The molecule has 0 aromatic heterocycles. The third-order valence-corrected chi connectivity index (χ3v) is 8.44. The van der Waals surface area contributed by atoms with Gasteiger partial charge >= 0.3 is 0 Å². The van der Waals surface area contributed by atoms with E-state index in [9.17, 15) is 13.2 Å². The third-order valence-electron chi connectivity index (χ3n) is 6.13. The fraction of sp³-hybridized carbons (Fsp3) is 0.632. The summed E-state index contributed by atoms with van der Waals surface area (Å²) in [5.74, 6) is -0.275. The lowest BCUT2D eigenvalue weighted by Gasteiger charge is -2.37. The van der Waals surface area contributed by atoms with Gasteiger partial charge < -0.3 is 5.32 Å². The van der Waals surface area contributed by atoms with Crippen LogP contribution in [0.5, 0.6) is 0 Å². The van der Waals surface area contributed by atoms with E-state index in [1.54, 1.807) is 4.31 Å². The van der Waals surface area contributed by atoms with E-state index in [1.165, 1.54) is 6.42 Å². The zero-order chi connectivity index (χ0) is 17.5. The van der Waals surface area contributed by atoms with E-state index in [2.05, 4.69) is 5.32 Å². The molecule has 136 valence electrons. The molecule has 1 N–H and O–H groups in total. The van der Waals surface area contributed by atoms with Crippen molar-refractivity contribution in [2.24, 2.45) is 11.3 Å². The first-order valence-corrected chi connectivity index (χ1v) is 10.9. The molecule has 6 heteroatoms. The molecule has 0 unspecified atom stereocenters. The molecule has 1 spiro atoms. The maximum absolute atomic E-state index is 13.0. The number of rotatable bonds is 4. The normalized spacial score (nSPS) is 26.6. The smallest absolute Gasteiger partial charge is 0.229 e. The van der Waals surface area contributed by atoms with Crippen molar-refractivity contribution in [3.05, 3.63) is 30.3 Å². The summed E-state index contributed by atoms with van der Waals surface area (Å²) in [6.07, 6.45) is 6.82. The Morgan fingerprint density at radius 1 is 1.08 bits per heavy atom. The molecule has 3 fully saturated rings. The quantitative estimate of drug-likeness (QED) is 0.895. The molecule has 5 nitrogen and oxygen atoms in total. The summed E-state index contributed by atoms with van der Waals surface area (Å²) in [5.41, 5.74) is 0.598. The number of carbonyl (C=O) groups is 1. The van der Waals surface area contributed by atoms with Gasteiger partial charge in [-0.1, -0.05) is 37.5 Å². The maximum Gasteiger partial charge on any atom is 0.229 e. The van der Waals surface area contributed by atoms with Crippen LogP contribution in [0.1, 0.15) is 44.9 Å². The maximum atomic E-state index is 13.0. The topological polar surface area (TPSA) is 66.5 Å². The molecule has 1 amide bonds. The van der Waals surface area contributed by atoms with E-state index in [0.29, 0.717) is 13.1 Å². The number of para-hydroxylation sites is 1. The summed E-state index contributed by atoms with van der Waals surface area (Å²) in [6.45, 7) is 0.871. The van der Waals surface area contributed by atoms with Crippen LogP contribution in [0.3, 0.4) is 0 Å². The van der Waals surface area contributed by atoms with Crippen molar-refractivity contribution in [1.29, 1.82) is 0 Å². The van der Waals surface area contributed by atoms with E-state index in [1.807, 2.05) is 30.3 Å². The number of hydrogen-bond acceptors (Lipinski definition) is 3. The second-order valence-electron chi connectivity index (χ2n) is 7.87. The molecule has 1 aliphatic heterocycles. The lowest BCUT2D eigenvalue weighted by atomic mass is 9.67. The van der Waals surface area contributed by atoms with Gasteiger partial charge in [-0.3, -0.25) is 4.79 Å². The third kappa shape index (κ3) is 3.22. The van der Waals surface area contributed by atoms with Gasteiger partial charge in [0.25, 0.3) is 0 Å². The minimum absolute atomic E-state index is 0.0263. The van der Waals surface area contributed by atoms with E-state index in [0.717, 1.165) is 44.2 Å². The SMILES string of the molecule is O=C(Nc1ccccc1)[C@H]1CN(S(=O)(=O)C2CC2)CC12CCCCC2. The predicted octanol–water partition coefficient (Wildman–Crippen LogP) is 3.00. The van der Waals surface area contributed by atoms with E-state index >= 15 is 0 Å². The van der Waals surface area contributed by atoms with Gasteiger partial charge in [-0.2, -0.15) is 0 Å². The number of hydrogen-bond donors (Lipinski definition) is 1. The van der Waals surface area contributed by atoms with Gasteiger partial charge in [0, 0.05) is 18.8 Å². The Hall–Kier alpha value is -1.40. The number of sulfonamides is 1. The molecular weight excluding hydrogens is 336 g/mol. The highest BCUT2D eigenvalue weighted by molar-refractivity contribution is 7.90. The predicted molar refractivity (Wildman–Crippen MR) is 97.6 cm³/mol. The fourth-order valence-corrected chi connectivity index (χ4v) is 6.52. The number of nitrogens with zero attached hydrogens (tertiary/aromatic N) is 1. The van der Waals surface area contributed by atoms with Gasteiger partial charge in [-0.05, 0) is 43.2 Å². The van der Waals surface area contributed by atoms with Crippen LogP contribution >= 0.6 is 0 Å². The first-order chi connectivity index (χ1) is 12.0. The molecule has 25 heavy (non-hydrogen) atoms. The second kappa shape index (κ2) is 6.40. The van der Waals surface area contributed by atoms with E-state index in [-0.39, 0.29) is 22.5 Å². The average molecular weight is 362 g/mol. The van der Waals surface area contributed by atoms with Crippen molar-refractivity contribution in [2.45, 2.75) is 50.2 Å². The summed E-state index contributed by atoms with van der Waals surface area (Å²) >= 11 is 0. The van der Waals surface area contributed by atoms with Crippen LogP contribution in [0.25, 0.3) is 0 Å². The van der Waals surface area contributed by atoms with Crippen molar-refractivity contribution < 1.29 is 13.2 Å². The Bertz CT molecular complexity index is 737. The second-order valence-corrected chi connectivity index (χ2v) is 10.1. The van der Waals surface area contributed by atoms with Gasteiger partial charge in [0.1, 0.15) is 0 Å². The van der Waals surface area contributed by atoms with Crippen LogP contribution in [-0.4, -0.2) is 37.0 Å². The first-order valence-electron chi connectivity index (χ1n) is 9.36. The molecule has 1 heterocycles. The largest absolute Gasteiger partial charge is 0.326 e. The molecule has 1 aromatic carbocycles. The van der Waals surface area contributed by atoms with Crippen LogP contribution in [0, 0.1) is 11.3 Å². The number of amides is 1. The summed E-state index contributed by atoms with van der Waals surface area (Å²) < 4.78 is 27.1. The van der Waals surface area contributed by atoms with Crippen LogP contribution in [0.2, 0.25) is 0 Å². The molecule has 0 bridgehead atoms. The zero-order valence-electron chi connectivity index (χ0n) is 14.5. The van der Waals surface area contributed by atoms with Gasteiger partial charge in [0.2, 0.25) is 15.9 Å². The molecule has 3 aliphatic rings. The van der Waals surface area contributed by atoms with Crippen molar-refractivity contribution >= 4 is 21.6 Å². The Labute approximate surface area is 149 Å². The Kier molecular flexibility index (Phi) is 4.36. The summed E-state index contributed by atoms with van der Waals surface area (Å²) in [4.78, 5) is 13.0. The molecule has 0 radical (unpaired) electrons. The molecule has 2 saturated carbocycles. The van der Waals surface area contributed by atoms with Crippen molar-refractivity contribution in [1.82, 2.24) is 4.31 Å². The van der Waals surface area contributed by atoms with Crippen LogP contribution in [0.4, 0.5) is 5.69 Å². The minimum Gasteiger partial charge on any atom is -0.326 e. The number of benzene rings is 1. The lowest BCUT2D eigenvalue weighted by molar-refractivity contribution is -0.123. The number of carbonyl (C=O) groups excluding carboxylic acids is 1. The van der Waals surface area contributed by atoms with Crippen LogP contribution in [-0.2, 0) is 14.8 Å². The van der Waals surface area contributed by atoms with Gasteiger partial charge in [-0.25, -0.2) is 12.7 Å². The van der Waals surface area contributed by atoms with E-state index < -0.39 is 10.0 Å². The highest BCUT2D eigenvalue weighted by Gasteiger charge is 2.55. The summed E-state index contributed by atoms with van der Waals surface area (Å²) in [5, 5.41) is 2.81. The van der Waals surface area contributed by atoms with Crippen molar-refractivity contribution in [3.63, 3.8) is 0 Å². The Balaban J connectivity index is 1.58. The molecule has 1 saturated heterocycles. The summed E-state index contributed by atoms with van der Waals surface area (Å²) in [7, 11) is -3.23.